The molecule has 1 aromatic carbocycles. The van der Waals surface area contributed by atoms with Crippen LogP contribution in [-0.2, 0) is 0 Å². The van der Waals surface area contributed by atoms with Crippen molar-refractivity contribution in [3.8, 4) is 5.75 Å². The molecule has 0 unspecified atom stereocenters. The quantitative estimate of drug-likeness (QED) is 0.631. The monoisotopic (exact) mass is 151 g/mol. The lowest BCUT2D eigenvalue weighted by atomic mass is 10.0. The van der Waals surface area contributed by atoms with Crippen LogP contribution in [-0.4, -0.2) is 7.11 Å². The SMILES string of the molecule is [2H]c1ccc(C(C)C)cc1OC. The van der Waals surface area contributed by atoms with Crippen LogP contribution in [0, 0.1) is 0 Å². The van der Waals surface area contributed by atoms with Gasteiger partial charge in [-0.3, -0.25) is 0 Å². The zero-order valence-electron chi connectivity index (χ0n) is 8.22. The van der Waals surface area contributed by atoms with Crippen molar-refractivity contribution in [3.63, 3.8) is 0 Å². The second-order valence-electron chi connectivity index (χ2n) is 2.85. The van der Waals surface area contributed by atoms with E-state index in [1.165, 1.54) is 5.56 Å². The Morgan fingerprint density at radius 2 is 2.27 bits per heavy atom. The van der Waals surface area contributed by atoms with Crippen molar-refractivity contribution in [3.05, 3.63) is 29.8 Å². The van der Waals surface area contributed by atoms with Gasteiger partial charge in [-0.2, -0.15) is 0 Å². The van der Waals surface area contributed by atoms with E-state index in [1.807, 2.05) is 12.1 Å². The molecule has 1 aromatic rings. The third-order valence-corrected chi connectivity index (χ3v) is 1.69. The molecule has 1 heteroatoms. The normalized spacial score (nSPS) is 11.5. The summed E-state index contributed by atoms with van der Waals surface area (Å²) in [6, 6.07) is 6.11. The van der Waals surface area contributed by atoms with Crippen LogP contribution in [0.25, 0.3) is 0 Å². The van der Waals surface area contributed by atoms with Crippen LogP contribution in [0.1, 0.15) is 26.7 Å². The van der Waals surface area contributed by atoms with Crippen LogP contribution in [0.15, 0.2) is 24.2 Å². The summed E-state index contributed by atoms with van der Waals surface area (Å²) in [5.41, 5.74) is 1.21. The van der Waals surface area contributed by atoms with E-state index in [-0.39, 0.29) is 0 Å². The molecule has 0 spiro atoms. The van der Waals surface area contributed by atoms with Gasteiger partial charge in [-0.1, -0.05) is 26.0 Å². The first kappa shape index (κ1) is 6.71. The molecule has 0 amide bonds. The molecule has 0 aliphatic carbocycles. The molecule has 1 rings (SSSR count). The highest BCUT2D eigenvalue weighted by molar-refractivity contribution is 5.29. The lowest BCUT2D eigenvalue weighted by molar-refractivity contribution is 0.414. The minimum absolute atomic E-state index is 0.446. The first-order valence-electron chi connectivity index (χ1n) is 4.29. The Morgan fingerprint density at radius 1 is 1.55 bits per heavy atom. The molecular formula is C10H14O. The number of rotatable bonds is 2. The Bertz CT molecular complexity index is 269. The van der Waals surface area contributed by atoms with E-state index >= 15 is 0 Å². The summed E-state index contributed by atoms with van der Waals surface area (Å²) >= 11 is 0. The fourth-order valence-electron chi connectivity index (χ4n) is 0.938. The lowest BCUT2D eigenvalue weighted by Gasteiger charge is -2.06. The van der Waals surface area contributed by atoms with Gasteiger partial charge >= 0.3 is 0 Å². The number of hydrogen-bond donors (Lipinski definition) is 0. The smallest absolute Gasteiger partial charge is 0.119 e. The fourth-order valence-corrected chi connectivity index (χ4v) is 0.938. The maximum atomic E-state index is 7.48. The van der Waals surface area contributed by atoms with E-state index in [9.17, 15) is 0 Å². The highest BCUT2D eigenvalue weighted by Gasteiger charge is 1.98. The Hall–Kier alpha value is -0.980. The van der Waals surface area contributed by atoms with Gasteiger partial charge in [-0.05, 0) is 23.6 Å². The maximum Gasteiger partial charge on any atom is 0.119 e. The van der Waals surface area contributed by atoms with Crippen LogP contribution >= 0.6 is 0 Å². The number of methoxy groups -OCH3 is 1. The van der Waals surface area contributed by atoms with Gasteiger partial charge in [0.25, 0.3) is 0 Å². The van der Waals surface area contributed by atoms with Gasteiger partial charge in [0.2, 0.25) is 0 Å². The summed E-state index contributed by atoms with van der Waals surface area (Å²) in [5.74, 6) is 1.14. The molecule has 0 aromatic heterocycles. The topological polar surface area (TPSA) is 9.23 Å². The summed E-state index contributed by atoms with van der Waals surface area (Å²) in [7, 11) is 1.59. The second kappa shape index (κ2) is 3.42. The number of benzene rings is 1. The Morgan fingerprint density at radius 3 is 2.82 bits per heavy atom. The molecule has 0 saturated heterocycles. The molecule has 0 N–H and O–H groups in total. The molecular weight excluding hydrogens is 136 g/mol. The van der Waals surface area contributed by atoms with Gasteiger partial charge < -0.3 is 4.74 Å². The average Bonchev–Trinajstić information content (AvgIpc) is 2.05. The summed E-state index contributed by atoms with van der Waals surface area (Å²) in [6.07, 6.45) is 0. The van der Waals surface area contributed by atoms with Gasteiger partial charge in [0.15, 0.2) is 0 Å². The standard InChI is InChI=1S/C10H14O/c1-8(2)9-5-4-6-10(7-9)11-3/h4-8H,1-3H3/i6D. The molecule has 0 atom stereocenters. The van der Waals surface area contributed by atoms with E-state index in [4.69, 9.17) is 6.11 Å². The number of hydrogen-bond acceptors (Lipinski definition) is 1. The van der Waals surface area contributed by atoms with Crippen LogP contribution in [0.5, 0.6) is 5.75 Å². The predicted octanol–water partition coefficient (Wildman–Crippen LogP) is 2.82. The zero-order valence-corrected chi connectivity index (χ0v) is 7.22. The maximum absolute atomic E-state index is 7.48. The van der Waals surface area contributed by atoms with E-state index in [0.29, 0.717) is 17.7 Å². The second-order valence-corrected chi connectivity index (χ2v) is 2.85. The minimum Gasteiger partial charge on any atom is -0.497 e. The van der Waals surface area contributed by atoms with Crippen molar-refractivity contribution in [2.24, 2.45) is 0 Å². The van der Waals surface area contributed by atoms with E-state index < -0.39 is 0 Å². The third kappa shape index (κ3) is 1.97. The van der Waals surface area contributed by atoms with Gasteiger partial charge in [0, 0.05) is 0 Å². The van der Waals surface area contributed by atoms with Crippen LogP contribution in [0.3, 0.4) is 0 Å². The summed E-state index contributed by atoms with van der Waals surface area (Å²) in [5, 5.41) is 0. The van der Waals surface area contributed by atoms with Gasteiger partial charge in [-0.15, -0.1) is 0 Å². The largest absolute Gasteiger partial charge is 0.497 e. The molecule has 1 nitrogen and oxygen atoms in total. The van der Waals surface area contributed by atoms with E-state index in [1.54, 1.807) is 13.2 Å². The highest BCUT2D eigenvalue weighted by Crippen LogP contribution is 2.19. The molecule has 0 bridgehead atoms. The van der Waals surface area contributed by atoms with E-state index in [0.717, 1.165) is 0 Å². The van der Waals surface area contributed by atoms with Gasteiger partial charge in [0.05, 0.1) is 8.48 Å². The molecule has 0 aliphatic rings. The van der Waals surface area contributed by atoms with Gasteiger partial charge in [0.1, 0.15) is 5.75 Å². The highest BCUT2D eigenvalue weighted by atomic mass is 16.5. The van der Waals surface area contributed by atoms with E-state index in [2.05, 4.69) is 13.8 Å². The van der Waals surface area contributed by atoms with Crippen molar-refractivity contribution in [2.75, 3.05) is 7.11 Å². The Balaban J connectivity index is 3.05. The lowest BCUT2D eigenvalue weighted by Crippen LogP contribution is -1.88. The third-order valence-electron chi connectivity index (χ3n) is 1.69. The average molecular weight is 151 g/mol. The summed E-state index contributed by atoms with van der Waals surface area (Å²) in [4.78, 5) is 0. The minimum atomic E-state index is 0.446. The van der Waals surface area contributed by atoms with Crippen LogP contribution in [0.2, 0.25) is 0 Å². The number of ether oxygens (including phenoxy) is 1. The molecule has 60 valence electrons. The molecule has 0 saturated carbocycles. The Kier molecular flexibility index (Phi) is 2.09. The summed E-state index contributed by atoms with van der Waals surface area (Å²) < 4.78 is 12.5. The first-order chi connectivity index (χ1) is 5.65. The van der Waals surface area contributed by atoms with Crippen molar-refractivity contribution in [1.29, 1.82) is 0 Å². The van der Waals surface area contributed by atoms with Crippen molar-refractivity contribution in [1.82, 2.24) is 0 Å². The first-order valence-corrected chi connectivity index (χ1v) is 3.79. The Labute approximate surface area is 69.4 Å². The van der Waals surface area contributed by atoms with Crippen molar-refractivity contribution < 1.29 is 6.11 Å². The summed E-state index contributed by atoms with van der Waals surface area (Å²) in [6.45, 7) is 4.25. The molecule has 0 fully saturated rings. The fraction of sp³-hybridized carbons (Fsp3) is 0.400. The van der Waals surface area contributed by atoms with Crippen LogP contribution < -0.4 is 4.74 Å². The molecule has 0 aliphatic heterocycles. The zero-order chi connectivity index (χ0) is 9.14. The van der Waals surface area contributed by atoms with Crippen molar-refractivity contribution >= 4 is 0 Å². The molecule has 11 heavy (non-hydrogen) atoms. The molecule has 0 radical (unpaired) electrons. The predicted molar refractivity (Wildman–Crippen MR) is 47.1 cm³/mol. The van der Waals surface area contributed by atoms with Crippen molar-refractivity contribution in [2.45, 2.75) is 19.8 Å². The van der Waals surface area contributed by atoms with Gasteiger partial charge in [-0.25, -0.2) is 0 Å². The van der Waals surface area contributed by atoms with Crippen LogP contribution in [0.4, 0.5) is 0 Å². The molecule has 0 heterocycles.